The molecule has 7 nitrogen and oxygen atoms in total. The predicted octanol–water partition coefficient (Wildman–Crippen LogP) is 1.31. The lowest BCUT2D eigenvalue weighted by Gasteiger charge is -2.21. The van der Waals surface area contributed by atoms with Crippen molar-refractivity contribution in [2.75, 3.05) is 39.5 Å². The van der Waals surface area contributed by atoms with Crippen LogP contribution in [0.4, 0.5) is 0 Å². The fourth-order valence-electron chi connectivity index (χ4n) is 2.61. The lowest BCUT2D eigenvalue weighted by atomic mass is 10.0. The van der Waals surface area contributed by atoms with Crippen molar-refractivity contribution in [1.82, 2.24) is 20.4 Å². The first-order valence-electron chi connectivity index (χ1n) is 8.93. The van der Waals surface area contributed by atoms with E-state index >= 15 is 0 Å². The summed E-state index contributed by atoms with van der Waals surface area (Å²) in [7, 11) is 1.91. The molecule has 0 aromatic carbocycles. The van der Waals surface area contributed by atoms with Crippen LogP contribution in [0.5, 0.6) is 0 Å². The van der Waals surface area contributed by atoms with Gasteiger partial charge in [0.05, 0.1) is 12.7 Å². The van der Waals surface area contributed by atoms with Crippen molar-refractivity contribution in [2.45, 2.75) is 32.7 Å². The minimum Gasteiger partial charge on any atom is -0.381 e. The fraction of sp³-hybridized carbons (Fsp3) is 0.765. The molecule has 0 unspecified atom stereocenters. The maximum atomic E-state index is 5.78. The van der Waals surface area contributed by atoms with Gasteiger partial charge >= 0.3 is 0 Å². The van der Waals surface area contributed by atoms with Gasteiger partial charge in [0.15, 0.2) is 5.96 Å². The van der Waals surface area contributed by atoms with Crippen molar-refractivity contribution < 1.29 is 9.47 Å². The second-order valence-corrected chi connectivity index (χ2v) is 6.13. The van der Waals surface area contributed by atoms with Crippen molar-refractivity contribution in [2.24, 2.45) is 18.0 Å². The molecule has 1 aliphatic heterocycles. The molecule has 1 aliphatic rings. The Morgan fingerprint density at radius 2 is 2.25 bits per heavy atom. The second-order valence-electron chi connectivity index (χ2n) is 6.13. The number of rotatable bonds is 9. The number of aryl methyl sites for hydroxylation is 1. The summed E-state index contributed by atoms with van der Waals surface area (Å²) in [5.74, 6) is 1.51. The molecular formula is C17H31N5O2. The average molecular weight is 337 g/mol. The smallest absolute Gasteiger partial charge is 0.191 e. The van der Waals surface area contributed by atoms with Gasteiger partial charge in [0.25, 0.3) is 0 Å². The van der Waals surface area contributed by atoms with Gasteiger partial charge in [0.1, 0.15) is 0 Å². The number of aromatic nitrogens is 2. The molecule has 1 aromatic rings. The molecule has 1 aromatic heterocycles. The van der Waals surface area contributed by atoms with E-state index in [0.717, 1.165) is 70.3 Å². The molecule has 2 N–H and O–H groups in total. The van der Waals surface area contributed by atoms with Crippen LogP contribution in [-0.4, -0.2) is 55.3 Å². The SMILES string of the molecule is CCNC(=NCc1cnn(C)c1)NCCCOCC1CCOCC1. The molecule has 1 fully saturated rings. The summed E-state index contributed by atoms with van der Waals surface area (Å²) in [4.78, 5) is 4.57. The summed E-state index contributed by atoms with van der Waals surface area (Å²) in [6.07, 6.45) is 7.06. The average Bonchev–Trinajstić information content (AvgIpc) is 3.02. The van der Waals surface area contributed by atoms with Gasteiger partial charge in [-0.1, -0.05) is 0 Å². The van der Waals surface area contributed by atoms with E-state index in [9.17, 15) is 0 Å². The Hall–Kier alpha value is -1.60. The number of ether oxygens (including phenoxy) is 2. The van der Waals surface area contributed by atoms with Crippen LogP contribution >= 0.6 is 0 Å². The van der Waals surface area contributed by atoms with Gasteiger partial charge < -0.3 is 20.1 Å². The summed E-state index contributed by atoms with van der Waals surface area (Å²) in [6.45, 7) is 7.81. The molecule has 2 heterocycles. The standard InChI is InChI=1S/C17H31N5O2/c1-3-18-17(20-11-16-12-21-22(2)13-16)19-7-4-8-24-14-15-5-9-23-10-6-15/h12-13,15H,3-11,14H2,1-2H3,(H2,18,19,20). The molecule has 0 radical (unpaired) electrons. The van der Waals surface area contributed by atoms with Crippen LogP contribution in [0.25, 0.3) is 0 Å². The fourth-order valence-corrected chi connectivity index (χ4v) is 2.61. The zero-order valence-corrected chi connectivity index (χ0v) is 15.0. The normalized spacial score (nSPS) is 16.3. The first-order valence-corrected chi connectivity index (χ1v) is 8.93. The van der Waals surface area contributed by atoms with E-state index in [1.807, 2.05) is 19.4 Å². The van der Waals surface area contributed by atoms with E-state index in [0.29, 0.717) is 12.5 Å². The Morgan fingerprint density at radius 3 is 2.96 bits per heavy atom. The molecule has 0 amide bonds. The Kier molecular flexibility index (Phi) is 8.62. The monoisotopic (exact) mass is 337 g/mol. The van der Waals surface area contributed by atoms with Gasteiger partial charge in [-0.15, -0.1) is 0 Å². The molecule has 1 saturated heterocycles. The molecule has 2 rings (SSSR count). The van der Waals surface area contributed by atoms with E-state index in [1.54, 1.807) is 4.68 Å². The topological polar surface area (TPSA) is 72.7 Å². The van der Waals surface area contributed by atoms with Gasteiger partial charge in [-0.05, 0) is 32.1 Å². The highest BCUT2D eigenvalue weighted by atomic mass is 16.5. The largest absolute Gasteiger partial charge is 0.381 e. The lowest BCUT2D eigenvalue weighted by molar-refractivity contribution is 0.0203. The Labute approximate surface area is 144 Å². The molecular weight excluding hydrogens is 306 g/mol. The van der Waals surface area contributed by atoms with Crippen molar-refractivity contribution in [3.63, 3.8) is 0 Å². The first kappa shape index (κ1) is 18.7. The van der Waals surface area contributed by atoms with Crippen LogP contribution < -0.4 is 10.6 Å². The highest BCUT2D eigenvalue weighted by Gasteiger charge is 2.13. The quantitative estimate of drug-likeness (QED) is 0.404. The summed E-state index contributed by atoms with van der Waals surface area (Å²) in [5, 5.41) is 10.8. The highest BCUT2D eigenvalue weighted by Crippen LogP contribution is 2.14. The Bertz CT molecular complexity index is 483. The molecule has 0 saturated carbocycles. The molecule has 0 aliphatic carbocycles. The first-order chi connectivity index (χ1) is 11.8. The molecule has 7 heteroatoms. The zero-order chi connectivity index (χ0) is 17.0. The van der Waals surface area contributed by atoms with E-state index in [-0.39, 0.29) is 0 Å². The van der Waals surface area contributed by atoms with E-state index in [1.165, 1.54) is 0 Å². The summed E-state index contributed by atoms with van der Waals surface area (Å²) in [5.41, 5.74) is 1.11. The maximum absolute atomic E-state index is 5.78. The number of guanidine groups is 1. The van der Waals surface area contributed by atoms with Crippen molar-refractivity contribution >= 4 is 5.96 Å². The highest BCUT2D eigenvalue weighted by molar-refractivity contribution is 5.79. The molecule has 0 atom stereocenters. The van der Waals surface area contributed by atoms with E-state index < -0.39 is 0 Å². The van der Waals surface area contributed by atoms with Gasteiger partial charge in [-0.25, -0.2) is 4.99 Å². The predicted molar refractivity (Wildman–Crippen MR) is 95.0 cm³/mol. The molecule has 24 heavy (non-hydrogen) atoms. The van der Waals surface area contributed by atoms with Crippen LogP contribution in [0.3, 0.4) is 0 Å². The number of hydrogen-bond donors (Lipinski definition) is 2. The van der Waals surface area contributed by atoms with Gasteiger partial charge in [0.2, 0.25) is 0 Å². The van der Waals surface area contributed by atoms with Crippen LogP contribution in [0.15, 0.2) is 17.4 Å². The third-order valence-corrected chi connectivity index (χ3v) is 3.97. The molecule has 0 spiro atoms. The number of nitrogens with one attached hydrogen (secondary N) is 2. The zero-order valence-electron chi connectivity index (χ0n) is 15.0. The lowest BCUT2D eigenvalue weighted by Crippen LogP contribution is -2.38. The number of nitrogens with zero attached hydrogens (tertiary/aromatic N) is 3. The minimum atomic E-state index is 0.628. The van der Waals surface area contributed by atoms with Gasteiger partial charge in [-0.3, -0.25) is 4.68 Å². The third kappa shape index (κ3) is 7.31. The van der Waals surface area contributed by atoms with E-state index in [2.05, 4.69) is 27.6 Å². The summed E-state index contributed by atoms with van der Waals surface area (Å²) < 4.78 is 12.9. The maximum Gasteiger partial charge on any atom is 0.191 e. The van der Waals surface area contributed by atoms with Crippen LogP contribution in [0.2, 0.25) is 0 Å². The van der Waals surface area contributed by atoms with Crippen LogP contribution in [0.1, 0.15) is 31.7 Å². The molecule has 136 valence electrons. The van der Waals surface area contributed by atoms with Gasteiger partial charge in [-0.2, -0.15) is 5.10 Å². The third-order valence-electron chi connectivity index (χ3n) is 3.97. The summed E-state index contributed by atoms with van der Waals surface area (Å²) >= 11 is 0. The van der Waals surface area contributed by atoms with Crippen molar-refractivity contribution in [1.29, 1.82) is 0 Å². The van der Waals surface area contributed by atoms with Gasteiger partial charge in [0, 0.05) is 58.3 Å². The molecule has 0 bridgehead atoms. The number of hydrogen-bond acceptors (Lipinski definition) is 4. The minimum absolute atomic E-state index is 0.628. The van der Waals surface area contributed by atoms with Crippen molar-refractivity contribution in [3.05, 3.63) is 18.0 Å². The van der Waals surface area contributed by atoms with E-state index in [4.69, 9.17) is 9.47 Å². The Balaban J connectivity index is 1.58. The van der Waals surface area contributed by atoms with Crippen molar-refractivity contribution in [3.8, 4) is 0 Å². The second kappa shape index (κ2) is 11.0. The summed E-state index contributed by atoms with van der Waals surface area (Å²) in [6, 6.07) is 0. The number of aliphatic imine (C=N–C) groups is 1. The van der Waals surface area contributed by atoms with Crippen LogP contribution in [-0.2, 0) is 23.1 Å². The van der Waals surface area contributed by atoms with Crippen LogP contribution in [0, 0.1) is 5.92 Å². The Morgan fingerprint density at radius 1 is 1.42 bits per heavy atom.